The highest BCUT2D eigenvalue weighted by Gasteiger charge is 2.55. The van der Waals surface area contributed by atoms with Crippen LogP contribution in [0, 0.1) is 11.6 Å². The highest BCUT2D eigenvalue weighted by molar-refractivity contribution is 6.07. The molecule has 2 aliphatic heterocycles. The van der Waals surface area contributed by atoms with Gasteiger partial charge in [0.2, 0.25) is 5.91 Å². The van der Waals surface area contributed by atoms with Gasteiger partial charge >= 0.3 is 0 Å². The standard InChI is InChI=1S/C17H14F2N2O/c18-10-5-6-13(19)11(9-10)15-17(7-8-20-15)12-3-1-2-4-14(12)21-16(17)22/h1-6,9,15,20H,7-8H2,(H,21,22). The summed E-state index contributed by atoms with van der Waals surface area (Å²) in [4.78, 5) is 12.7. The molecule has 1 saturated heterocycles. The van der Waals surface area contributed by atoms with Crippen LogP contribution < -0.4 is 10.6 Å². The van der Waals surface area contributed by atoms with E-state index in [1.54, 1.807) is 0 Å². The molecule has 1 amide bonds. The number of para-hydroxylation sites is 1. The van der Waals surface area contributed by atoms with E-state index in [2.05, 4.69) is 10.6 Å². The quantitative estimate of drug-likeness (QED) is 0.850. The molecule has 0 bridgehead atoms. The summed E-state index contributed by atoms with van der Waals surface area (Å²) in [6, 6.07) is 10.2. The monoisotopic (exact) mass is 300 g/mol. The van der Waals surface area contributed by atoms with E-state index >= 15 is 0 Å². The van der Waals surface area contributed by atoms with Gasteiger partial charge in [0.05, 0.1) is 11.5 Å². The third-order valence-corrected chi connectivity index (χ3v) is 4.69. The molecule has 0 aliphatic carbocycles. The van der Waals surface area contributed by atoms with E-state index in [1.807, 2.05) is 24.3 Å². The van der Waals surface area contributed by atoms with Gasteiger partial charge < -0.3 is 10.6 Å². The first-order valence-corrected chi connectivity index (χ1v) is 7.22. The molecule has 2 aromatic rings. The second-order valence-electron chi connectivity index (χ2n) is 5.77. The Morgan fingerprint density at radius 2 is 1.95 bits per heavy atom. The van der Waals surface area contributed by atoms with Crippen LogP contribution in [0.5, 0.6) is 0 Å². The van der Waals surface area contributed by atoms with E-state index in [1.165, 1.54) is 6.07 Å². The van der Waals surface area contributed by atoms with Crippen LogP contribution in [0.4, 0.5) is 14.5 Å². The van der Waals surface area contributed by atoms with Crippen molar-refractivity contribution in [2.75, 3.05) is 11.9 Å². The molecule has 2 aliphatic rings. The maximum atomic E-state index is 14.2. The van der Waals surface area contributed by atoms with Gasteiger partial charge in [0.25, 0.3) is 0 Å². The Kier molecular flexibility index (Phi) is 2.81. The molecule has 2 atom stereocenters. The normalized spacial score (nSPS) is 26.3. The molecular weight excluding hydrogens is 286 g/mol. The van der Waals surface area contributed by atoms with Crippen molar-refractivity contribution in [3.05, 3.63) is 65.2 Å². The zero-order chi connectivity index (χ0) is 15.3. The first-order chi connectivity index (χ1) is 10.6. The predicted octanol–water partition coefficient (Wildman–Crippen LogP) is 2.89. The van der Waals surface area contributed by atoms with Gasteiger partial charge in [-0.25, -0.2) is 8.78 Å². The Hall–Kier alpha value is -2.27. The van der Waals surface area contributed by atoms with Crippen LogP contribution >= 0.6 is 0 Å². The molecule has 2 unspecified atom stereocenters. The van der Waals surface area contributed by atoms with E-state index < -0.39 is 23.1 Å². The van der Waals surface area contributed by atoms with Crippen molar-refractivity contribution in [1.29, 1.82) is 0 Å². The topological polar surface area (TPSA) is 41.1 Å². The van der Waals surface area contributed by atoms with Crippen LogP contribution in [0.15, 0.2) is 42.5 Å². The first-order valence-electron chi connectivity index (χ1n) is 7.22. The number of hydrogen-bond acceptors (Lipinski definition) is 2. The SMILES string of the molecule is O=C1Nc2ccccc2C12CCNC2c1cc(F)ccc1F. The van der Waals surface area contributed by atoms with E-state index in [0.29, 0.717) is 13.0 Å². The Labute approximate surface area is 126 Å². The Balaban J connectivity index is 1.91. The predicted molar refractivity (Wildman–Crippen MR) is 78.5 cm³/mol. The molecule has 0 aromatic heterocycles. The maximum absolute atomic E-state index is 14.2. The molecule has 1 spiro atoms. The lowest BCUT2D eigenvalue weighted by Gasteiger charge is -2.29. The number of hydrogen-bond donors (Lipinski definition) is 2. The summed E-state index contributed by atoms with van der Waals surface area (Å²) in [6.07, 6.45) is 0.552. The van der Waals surface area contributed by atoms with Crippen LogP contribution in [0.1, 0.15) is 23.6 Å². The van der Waals surface area contributed by atoms with Gasteiger partial charge in [-0.2, -0.15) is 0 Å². The van der Waals surface area contributed by atoms with Crippen molar-refractivity contribution in [3.8, 4) is 0 Å². The average Bonchev–Trinajstić information content (AvgIpc) is 3.06. The minimum Gasteiger partial charge on any atom is -0.325 e. The molecule has 1 fully saturated rings. The number of carbonyl (C=O) groups excluding carboxylic acids is 1. The summed E-state index contributed by atoms with van der Waals surface area (Å²) < 4.78 is 27.8. The molecule has 22 heavy (non-hydrogen) atoms. The van der Waals surface area contributed by atoms with Crippen LogP contribution in [0.25, 0.3) is 0 Å². The van der Waals surface area contributed by atoms with Gasteiger partial charge in [0.1, 0.15) is 11.6 Å². The zero-order valence-electron chi connectivity index (χ0n) is 11.7. The van der Waals surface area contributed by atoms with Crippen LogP contribution in [0.2, 0.25) is 0 Å². The first kappa shape index (κ1) is 13.4. The molecule has 5 heteroatoms. The van der Waals surface area contributed by atoms with Crippen LogP contribution in [-0.4, -0.2) is 12.5 Å². The van der Waals surface area contributed by atoms with Crippen LogP contribution in [0.3, 0.4) is 0 Å². The lowest BCUT2D eigenvalue weighted by molar-refractivity contribution is -0.121. The summed E-state index contributed by atoms with van der Waals surface area (Å²) in [5.41, 5.74) is 0.909. The minimum absolute atomic E-state index is 0.160. The van der Waals surface area contributed by atoms with Gasteiger partial charge in [0.15, 0.2) is 0 Å². The summed E-state index contributed by atoms with van der Waals surface area (Å²) in [5.74, 6) is -1.17. The molecule has 0 saturated carbocycles. The fraction of sp³-hybridized carbons (Fsp3) is 0.235. The highest BCUT2D eigenvalue weighted by atomic mass is 19.1. The fourth-order valence-electron chi connectivity index (χ4n) is 3.72. The van der Waals surface area contributed by atoms with Crippen LogP contribution in [-0.2, 0) is 10.2 Å². The van der Waals surface area contributed by atoms with E-state index in [-0.39, 0.29) is 11.5 Å². The largest absolute Gasteiger partial charge is 0.325 e. The summed E-state index contributed by atoms with van der Waals surface area (Å²) in [5, 5.41) is 6.05. The second kappa shape index (κ2) is 4.61. The van der Waals surface area contributed by atoms with Crippen molar-refractivity contribution in [2.45, 2.75) is 17.9 Å². The van der Waals surface area contributed by atoms with Crippen molar-refractivity contribution in [3.63, 3.8) is 0 Å². The number of rotatable bonds is 1. The number of anilines is 1. The Morgan fingerprint density at radius 3 is 2.82 bits per heavy atom. The number of nitrogens with one attached hydrogen (secondary N) is 2. The second-order valence-corrected chi connectivity index (χ2v) is 5.77. The molecular formula is C17H14F2N2O. The van der Waals surface area contributed by atoms with Gasteiger partial charge in [-0.15, -0.1) is 0 Å². The average molecular weight is 300 g/mol. The Morgan fingerprint density at radius 1 is 1.14 bits per heavy atom. The van der Waals surface area contributed by atoms with Gasteiger partial charge in [-0.1, -0.05) is 18.2 Å². The van der Waals surface area contributed by atoms with Crippen molar-refractivity contribution >= 4 is 11.6 Å². The number of halogens is 2. The molecule has 3 nitrogen and oxygen atoms in total. The smallest absolute Gasteiger partial charge is 0.237 e. The number of benzene rings is 2. The van der Waals surface area contributed by atoms with Crippen molar-refractivity contribution < 1.29 is 13.6 Å². The third-order valence-electron chi connectivity index (χ3n) is 4.69. The highest BCUT2D eigenvalue weighted by Crippen LogP contribution is 2.51. The summed E-state index contributed by atoms with van der Waals surface area (Å²) in [7, 11) is 0. The summed E-state index contributed by atoms with van der Waals surface area (Å²) >= 11 is 0. The zero-order valence-corrected chi connectivity index (χ0v) is 11.7. The van der Waals surface area contributed by atoms with E-state index in [0.717, 1.165) is 23.4 Å². The number of amides is 1. The molecule has 112 valence electrons. The molecule has 2 heterocycles. The van der Waals surface area contributed by atoms with Gasteiger partial charge in [-0.3, -0.25) is 4.79 Å². The molecule has 2 N–H and O–H groups in total. The summed E-state index contributed by atoms with van der Waals surface area (Å²) in [6.45, 7) is 0.572. The molecule has 2 aromatic carbocycles. The maximum Gasteiger partial charge on any atom is 0.237 e. The fourth-order valence-corrected chi connectivity index (χ4v) is 3.72. The molecule has 4 rings (SSSR count). The van der Waals surface area contributed by atoms with Gasteiger partial charge in [0, 0.05) is 11.3 Å². The van der Waals surface area contributed by atoms with Crippen molar-refractivity contribution in [1.82, 2.24) is 5.32 Å². The third kappa shape index (κ3) is 1.66. The van der Waals surface area contributed by atoms with E-state index in [4.69, 9.17) is 0 Å². The lowest BCUT2D eigenvalue weighted by atomic mass is 9.73. The number of fused-ring (bicyclic) bond motifs is 2. The van der Waals surface area contributed by atoms with Crippen molar-refractivity contribution in [2.24, 2.45) is 0 Å². The number of carbonyl (C=O) groups is 1. The van der Waals surface area contributed by atoms with Gasteiger partial charge in [-0.05, 0) is 42.8 Å². The Bertz CT molecular complexity index is 777. The minimum atomic E-state index is -0.884. The van der Waals surface area contributed by atoms with E-state index in [9.17, 15) is 13.6 Å². The molecule has 0 radical (unpaired) electrons. The lowest BCUT2D eigenvalue weighted by Crippen LogP contribution is -2.40.